The van der Waals surface area contributed by atoms with Gasteiger partial charge in [0.2, 0.25) is 5.91 Å². The molecule has 134 valence electrons. The van der Waals surface area contributed by atoms with Gasteiger partial charge >= 0.3 is 0 Å². The summed E-state index contributed by atoms with van der Waals surface area (Å²) >= 11 is 6.16. The number of hydrogen-bond acceptors (Lipinski definition) is 3. The Morgan fingerprint density at radius 2 is 1.92 bits per heavy atom. The Balaban J connectivity index is 1.53. The number of halogens is 1. The van der Waals surface area contributed by atoms with E-state index in [0.717, 1.165) is 42.0 Å². The van der Waals surface area contributed by atoms with Crippen LogP contribution in [0.5, 0.6) is 11.5 Å². The van der Waals surface area contributed by atoms with Crippen LogP contribution in [-0.2, 0) is 4.79 Å². The molecule has 2 aliphatic heterocycles. The molecule has 1 amide bonds. The summed E-state index contributed by atoms with van der Waals surface area (Å²) in [5, 5.41) is 0.640. The molecule has 4 nitrogen and oxygen atoms in total. The van der Waals surface area contributed by atoms with Crippen molar-refractivity contribution in [2.45, 2.75) is 18.9 Å². The van der Waals surface area contributed by atoms with Crippen LogP contribution >= 0.6 is 11.6 Å². The van der Waals surface area contributed by atoms with Crippen molar-refractivity contribution < 1.29 is 14.3 Å². The highest BCUT2D eigenvalue weighted by atomic mass is 35.5. The number of likely N-dealkylation sites (tertiary alicyclic amines) is 1. The zero-order valence-corrected chi connectivity index (χ0v) is 15.1. The third-order valence-corrected chi connectivity index (χ3v) is 5.14. The van der Waals surface area contributed by atoms with Crippen molar-refractivity contribution in [3.05, 3.63) is 64.7 Å². The van der Waals surface area contributed by atoms with Crippen molar-refractivity contribution in [3.63, 3.8) is 0 Å². The van der Waals surface area contributed by atoms with Crippen LogP contribution in [0.25, 0.3) is 6.08 Å². The minimum absolute atomic E-state index is 0.00214. The first-order chi connectivity index (χ1) is 12.7. The number of ether oxygens (including phenoxy) is 2. The molecule has 1 fully saturated rings. The number of amides is 1. The molecule has 1 atom stereocenters. The van der Waals surface area contributed by atoms with Crippen molar-refractivity contribution >= 4 is 23.6 Å². The van der Waals surface area contributed by atoms with Crippen LogP contribution < -0.4 is 9.47 Å². The highest BCUT2D eigenvalue weighted by Crippen LogP contribution is 2.38. The average molecular weight is 370 g/mol. The molecular weight excluding hydrogens is 350 g/mol. The maximum absolute atomic E-state index is 12.7. The summed E-state index contributed by atoms with van der Waals surface area (Å²) in [7, 11) is 0. The summed E-state index contributed by atoms with van der Waals surface area (Å²) in [4.78, 5) is 14.7. The van der Waals surface area contributed by atoms with Crippen molar-refractivity contribution in [1.29, 1.82) is 0 Å². The van der Waals surface area contributed by atoms with Crippen LogP contribution in [0.4, 0.5) is 0 Å². The number of nitrogens with zero attached hydrogens (tertiary/aromatic N) is 1. The number of fused-ring (bicyclic) bond motifs is 1. The van der Waals surface area contributed by atoms with E-state index in [1.165, 1.54) is 0 Å². The summed E-state index contributed by atoms with van der Waals surface area (Å²) < 4.78 is 11.3. The quantitative estimate of drug-likeness (QED) is 0.748. The molecule has 1 saturated heterocycles. The van der Waals surface area contributed by atoms with E-state index < -0.39 is 0 Å². The molecule has 2 aromatic carbocycles. The number of rotatable bonds is 3. The van der Waals surface area contributed by atoms with Crippen LogP contribution in [0.2, 0.25) is 5.02 Å². The third-order valence-electron chi connectivity index (χ3n) is 4.80. The average Bonchev–Trinajstić information content (AvgIpc) is 3.17. The highest BCUT2D eigenvalue weighted by Gasteiger charge is 2.29. The molecule has 1 unspecified atom stereocenters. The van der Waals surface area contributed by atoms with Gasteiger partial charge in [-0.3, -0.25) is 4.79 Å². The van der Waals surface area contributed by atoms with Crippen molar-refractivity contribution in [2.75, 3.05) is 19.8 Å². The van der Waals surface area contributed by atoms with Gasteiger partial charge in [-0.25, -0.2) is 0 Å². The maximum Gasteiger partial charge on any atom is 0.247 e. The van der Waals surface area contributed by atoms with E-state index in [9.17, 15) is 4.79 Å². The molecule has 0 N–H and O–H groups in total. The molecule has 5 heteroatoms. The molecule has 0 radical (unpaired) electrons. The zero-order chi connectivity index (χ0) is 17.9. The topological polar surface area (TPSA) is 38.8 Å². The Kier molecular flexibility index (Phi) is 4.85. The monoisotopic (exact) mass is 369 g/mol. The molecule has 2 aliphatic rings. The number of carbonyl (C=O) groups is 1. The summed E-state index contributed by atoms with van der Waals surface area (Å²) in [5.74, 6) is 1.54. The number of carbonyl (C=O) groups excluding carboxylic acids is 1. The second-order valence-electron chi connectivity index (χ2n) is 6.45. The number of benzene rings is 2. The van der Waals surface area contributed by atoms with Gasteiger partial charge in [0.25, 0.3) is 0 Å². The second-order valence-corrected chi connectivity index (χ2v) is 6.85. The van der Waals surface area contributed by atoms with Crippen LogP contribution in [0, 0.1) is 0 Å². The Bertz CT molecular complexity index is 849. The molecule has 4 rings (SSSR count). The molecule has 0 aromatic heterocycles. The van der Waals surface area contributed by atoms with Gasteiger partial charge in [-0.1, -0.05) is 35.9 Å². The van der Waals surface area contributed by atoms with E-state index in [1.54, 1.807) is 12.2 Å². The van der Waals surface area contributed by atoms with Crippen LogP contribution in [0.3, 0.4) is 0 Å². The minimum Gasteiger partial charge on any atom is -0.486 e. The summed E-state index contributed by atoms with van der Waals surface area (Å²) in [6.07, 6.45) is 5.33. The lowest BCUT2D eigenvalue weighted by molar-refractivity contribution is -0.126. The van der Waals surface area contributed by atoms with E-state index in [0.29, 0.717) is 18.2 Å². The van der Waals surface area contributed by atoms with E-state index in [4.69, 9.17) is 21.1 Å². The van der Waals surface area contributed by atoms with Gasteiger partial charge < -0.3 is 14.4 Å². The third kappa shape index (κ3) is 3.42. The van der Waals surface area contributed by atoms with Gasteiger partial charge in [0.1, 0.15) is 13.2 Å². The lowest BCUT2D eigenvalue weighted by atomic mass is 10.0. The molecule has 26 heavy (non-hydrogen) atoms. The predicted octanol–water partition coefficient (Wildman–Crippen LogP) is 4.49. The minimum atomic E-state index is 0.00214. The van der Waals surface area contributed by atoms with Gasteiger partial charge in [0, 0.05) is 17.6 Å². The van der Waals surface area contributed by atoms with Crippen molar-refractivity contribution in [2.24, 2.45) is 0 Å². The Hall–Kier alpha value is -2.46. The largest absolute Gasteiger partial charge is 0.486 e. The Morgan fingerprint density at radius 1 is 1.12 bits per heavy atom. The van der Waals surface area contributed by atoms with Gasteiger partial charge in [-0.05, 0) is 48.2 Å². The molecule has 0 bridgehead atoms. The SMILES string of the molecule is O=C(/C=C/c1ccccc1Cl)N1CCCC1c1ccc2c(c1)OCCO2. The Labute approximate surface area is 158 Å². The standard InChI is InChI=1S/C21H20ClNO3/c22-17-5-2-1-4-15(17)8-10-21(24)23-11-3-6-18(23)16-7-9-19-20(14-16)26-13-12-25-19/h1-2,4-5,7-10,14,18H,3,6,11-13H2/b10-8+. The van der Waals surface area contributed by atoms with E-state index >= 15 is 0 Å². The molecule has 0 aliphatic carbocycles. The fraction of sp³-hybridized carbons (Fsp3) is 0.286. The number of hydrogen-bond donors (Lipinski definition) is 0. The zero-order valence-electron chi connectivity index (χ0n) is 14.4. The van der Waals surface area contributed by atoms with Crippen molar-refractivity contribution in [1.82, 2.24) is 4.90 Å². The first kappa shape index (κ1) is 17.0. The van der Waals surface area contributed by atoms with Gasteiger partial charge in [-0.15, -0.1) is 0 Å². The van der Waals surface area contributed by atoms with Gasteiger partial charge in [0.15, 0.2) is 11.5 Å². The van der Waals surface area contributed by atoms with E-state index in [-0.39, 0.29) is 11.9 Å². The lowest BCUT2D eigenvalue weighted by Crippen LogP contribution is -2.29. The second kappa shape index (κ2) is 7.42. The summed E-state index contributed by atoms with van der Waals surface area (Å²) in [6, 6.07) is 13.5. The molecule has 2 heterocycles. The summed E-state index contributed by atoms with van der Waals surface area (Å²) in [5.41, 5.74) is 1.93. The van der Waals surface area contributed by atoms with E-state index in [1.807, 2.05) is 47.4 Å². The molecule has 0 spiro atoms. The smallest absolute Gasteiger partial charge is 0.247 e. The lowest BCUT2D eigenvalue weighted by Gasteiger charge is -2.26. The van der Waals surface area contributed by atoms with Gasteiger partial charge in [-0.2, -0.15) is 0 Å². The maximum atomic E-state index is 12.7. The predicted molar refractivity (Wildman–Crippen MR) is 102 cm³/mol. The summed E-state index contributed by atoms with van der Waals surface area (Å²) in [6.45, 7) is 1.89. The molecule has 0 saturated carbocycles. The van der Waals surface area contributed by atoms with E-state index in [2.05, 4.69) is 0 Å². The molecule has 2 aromatic rings. The Morgan fingerprint density at radius 3 is 2.77 bits per heavy atom. The first-order valence-corrected chi connectivity index (χ1v) is 9.23. The fourth-order valence-corrected chi connectivity index (χ4v) is 3.71. The van der Waals surface area contributed by atoms with Crippen LogP contribution in [0.1, 0.15) is 30.0 Å². The normalized spacial score (nSPS) is 19.1. The van der Waals surface area contributed by atoms with Gasteiger partial charge in [0.05, 0.1) is 6.04 Å². The first-order valence-electron chi connectivity index (χ1n) is 8.85. The molecular formula is C21H20ClNO3. The highest BCUT2D eigenvalue weighted by molar-refractivity contribution is 6.32. The van der Waals surface area contributed by atoms with Crippen LogP contribution in [0.15, 0.2) is 48.5 Å². The van der Waals surface area contributed by atoms with Crippen LogP contribution in [-0.4, -0.2) is 30.6 Å². The van der Waals surface area contributed by atoms with Crippen molar-refractivity contribution in [3.8, 4) is 11.5 Å². The fourth-order valence-electron chi connectivity index (χ4n) is 3.51.